The quantitative estimate of drug-likeness (QED) is 0.801. The van der Waals surface area contributed by atoms with E-state index in [4.69, 9.17) is 4.98 Å². The lowest BCUT2D eigenvalue weighted by Crippen LogP contribution is -2.42. The molecule has 0 aliphatic heterocycles. The fraction of sp³-hybridized carbons (Fsp3) is 0.294. The zero-order valence-corrected chi connectivity index (χ0v) is 12.5. The molecule has 5 heteroatoms. The monoisotopic (exact) mass is 291 g/mol. The number of hydrogen-bond acceptors (Lipinski definition) is 5. The molecule has 0 atom stereocenters. The van der Waals surface area contributed by atoms with Gasteiger partial charge in [0.15, 0.2) is 5.82 Å². The predicted octanol–water partition coefficient (Wildman–Crippen LogP) is 3.44. The average Bonchev–Trinajstić information content (AvgIpc) is 2.54. The first kappa shape index (κ1) is 13.1. The summed E-state index contributed by atoms with van der Waals surface area (Å²) in [5, 5.41) is 4.63. The van der Waals surface area contributed by atoms with Crippen molar-refractivity contribution in [2.24, 2.45) is 0 Å². The fourth-order valence-electron chi connectivity index (χ4n) is 2.82. The summed E-state index contributed by atoms with van der Waals surface area (Å²) < 4.78 is 0. The lowest BCUT2D eigenvalue weighted by molar-refractivity contribution is 0.306. The van der Waals surface area contributed by atoms with Gasteiger partial charge in [-0.25, -0.2) is 9.97 Å². The number of anilines is 1. The molecule has 110 valence electrons. The molecular formula is C17H17N5. The van der Waals surface area contributed by atoms with Gasteiger partial charge in [-0.05, 0) is 44.4 Å². The Bertz CT molecular complexity index is 812. The maximum atomic E-state index is 4.76. The van der Waals surface area contributed by atoms with E-state index in [0.29, 0.717) is 5.82 Å². The second-order valence-corrected chi connectivity index (χ2v) is 6.06. The van der Waals surface area contributed by atoms with Crippen LogP contribution in [0.4, 0.5) is 5.82 Å². The zero-order valence-electron chi connectivity index (χ0n) is 12.5. The molecule has 5 nitrogen and oxygen atoms in total. The molecule has 0 aromatic carbocycles. The molecule has 0 bridgehead atoms. The second kappa shape index (κ2) is 5.02. The molecule has 4 rings (SSSR count). The van der Waals surface area contributed by atoms with Crippen LogP contribution in [0.5, 0.6) is 0 Å². The van der Waals surface area contributed by atoms with E-state index in [1.54, 1.807) is 24.8 Å². The first-order chi connectivity index (χ1) is 10.7. The highest BCUT2D eigenvalue weighted by Crippen LogP contribution is 2.36. The summed E-state index contributed by atoms with van der Waals surface area (Å²) in [4.78, 5) is 17.6. The fourth-order valence-corrected chi connectivity index (χ4v) is 2.82. The lowest BCUT2D eigenvalue weighted by Gasteiger charge is -2.39. The van der Waals surface area contributed by atoms with Crippen LogP contribution in [0.3, 0.4) is 0 Å². The Kier molecular flexibility index (Phi) is 2.99. The van der Waals surface area contributed by atoms with Gasteiger partial charge in [-0.1, -0.05) is 0 Å². The van der Waals surface area contributed by atoms with Crippen molar-refractivity contribution in [1.82, 2.24) is 19.9 Å². The summed E-state index contributed by atoms with van der Waals surface area (Å²) in [7, 11) is 0. The molecule has 0 amide bonds. The summed E-state index contributed by atoms with van der Waals surface area (Å²) in [5.41, 5.74) is 1.96. The third-order valence-electron chi connectivity index (χ3n) is 4.32. The molecule has 1 aliphatic rings. The van der Waals surface area contributed by atoms with Crippen LogP contribution in [0.1, 0.15) is 26.2 Å². The minimum Gasteiger partial charge on any atom is -0.364 e. The number of hydrogen-bond donors (Lipinski definition) is 1. The van der Waals surface area contributed by atoms with Crippen LogP contribution >= 0.6 is 0 Å². The van der Waals surface area contributed by atoms with Crippen LogP contribution in [-0.4, -0.2) is 25.5 Å². The van der Waals surface area contributed by atoms with Crippen molar-refractivity contribution < 1.29 is 0 Å². The Hall–Kier alpha value is -2.56. The topological polar surface area (TPSA) is 63.6 Å². The van der Waals surface area contributed by atoms with Crippen LogP contribution in [0.2, 0.25) is 0 Å². The molecule has 1 saturated carbocycles. The Morgan fingerprint density at radius 1 is 1.00 bits per heavy atom. The van der Waals surface area contributed by atoms with E-state index in [-0.39, 0.29) is 5.54 Å². The number of nitrogens with zero attached hydrogens (tertiary/aromatic N) is 4. The highest BCUT2D eigenvalue weighted by Gasteiger charge is 2.32. The number of pyridine rings is 2. The van der Waals surface area contributed by atoms with E-state index in [2.05, 4.69) is 27.2 Å². The first-order valence-corrected chi connectivity index (χ1v) is 7.54. The molecular weight excluding hydrogens is 274 g/mol. The molecule has 0 radical (unpaired) electrons. The van der Waals surface area contributed by atoms with Crippen LogP contribution in [0.25, 0.3) is 22.3 Å². The Morgan fingerprint density at radius 2 is 1.77 bits per heavy atom. The van der Waals surface area contributed by atoms with Gasteiger partial charge in [0, 0.05) is 35.1 Å². The molecule has 0 spiro atoms. The number of aromatic nitrogens is 4. The largest absolute Gasteiger partial charge is 0.364 e. The highest BCUT2D eigenvalue weighted by atomic mass is 15.1. The van der Waals surface area contributed by atoms with Crippen molar-refractivity contribution in [2.45, 2.75) is 31.7 Å². The van der Waals surface area contributed by atoms with E-state index in [1.807, 2.05) is 18.2 Å². The Morgan fingerprint density at radius 3 is 2.50 bits per heavy atom. The SMILES string of the molecule is CC1(Nc2nc(-c3ccncc3)nc3cnccc23)CCC1. The molecule has 1 N–H and O–H groups in total. The van der Waals surface area contributed by atoms with Crippen molar-refractivity contribution in [3.05, 3.63) is 43.0 Å². The molecule has 3 aromatic rings. The van der Waals surface area contributed by atoms with E-state index in [0.717, 1.165) is 22.3 Å². The Labute approximate surface area is 128 Å². The average molecular weight is 291 g/mol. The van der Waals surface area contributed by atoms with E-state index in [9.17, 15) is 0 Å². The van der Waals surface area contributed by atoms with Gasteiger partial charge in [0.25, 0.3) is 0 Å². The summed E-state index contributed by atoms with van der Waals surface area (Å²) in [6.07, 6.45) is 10.7. The van der Waals surface area contributed by atoms with Gasteiger partial charge in [0.2, 0.25) is 0 Å². The van der Waals surface area contributed by atoms with Gasteiger partial charge in [-0.2, -0.15) is 0 Å². The van der Waals surface area contributed by atoms with E-state index >= 15 is 0 Å². The zero-order chi connectivity index (χ0) is 15.0. The lowest BCUT2D eigenvalue weighted by atomic mass is 9.78. The Balaban J connectivity index is 1.86. The van der Waals surface area contributed by atoms with Gasteiger partial charge in [-0.3, -0.25) is 9.97 Å². The minimum atomic E-state index is 0.139. The van der Waals surface area contributed by atoms with Crippen molar-refractivity contribution in [2.75, 3.05) is 5.32 Å². The van der Waals surface area contributed by atoms with E-state index in [1.165, 1.54) is 19.3 Å². The van der Waals surface area contributed by atoms with Crippen LogP contribution in [0, 0.1) is 0 Å². The van der Waals surface area contributed by atoms with Gasteiger partial charge in [0.05, 0.1) is 11.7 Å². The second-order valence-electron chi connectivity index (χ2n) is 6.06. The number of fused-ring (bicyclic) bond motifs is 1. The van der Waals surface area contributed by atoms with Gasteiger partial charge >= 0.3 is 0 Å². The van der Waals surface area contributed by atoms with Gasteiger partial charge in [-0.15, -0.1) is 0 Å². The normalized spacial score (nSPS) is 16.2. The van der Waals surface area contributed by atoms with Gasteiger partial charge in [0.1, 0.15) is 5.82 Å². The van der Waals surface area contributed by atoms with Crippen LogP contribution in [0.15, 0.2) is 43.0 Å². The predicted molar refractivity (Wildman–Crippen MR) is 86.4 cm³/mol. The molecule has 1 fully saturated rings. The summed E-state index contributed by atoms with van der Waals surface area (Å²) in [6.45, 7) is 2.25. The van der Waals surface area contributed by atoms with Crippen molar-refractivity contribution in [3.8, 4) is 11.4 Å². The molecule has 22 heavy (non-hydrogen) atoms. The molecule has 3 heterocycles. The summed E-state index contributed by atoms with van der Waals surface area (Å²) in [6, 6.07) is 5.81. The minimum absolute atomic E-state index is 0.139. The third kappa shape index (κ3) is 2.28. The number of nitrogens with one attached hydrogen (secondary N) is 1. The maximum absolute atomic E-state index is 4.76. The maximum Gasteiger partial charge on any atom is 0.162 e. The summed E-state index contributed by atoms with van der Waals surface area (Å²) >= 11 is 0. The standard InChI is InChI=1S/C17H17N5/c1-17(6-2-7-17)22-16-13-5-10-19-11-14(13)20-15(21-16)12-3-8-18-9-4-12/h3-5,8-11H,2,6-7H2,1H3,(H,20,21,22). The van der Waals surface area contributed by atoms with Crippen molar-refractivity contribution >= 4 is 16.7 Å². The number of rotatable bonds is 3. The van der Waals surface area contributed by atoms with Gasteiger partial charge < -0.3 is 5.32 Å². The molecule has 0 unspecified atom stereocenters. The smallest absolute Gasteiger partial charge is 0.162 e. The molecule has 0 saturated heterocycles. The van der Waals surface area contributed by atoms with Crippen molar-refractivity contribution in [3.63, 3.8) is 0 Å². The summed E-state index contributed by atoms with van der Waals surface area (Å²) in [5.74, 6) is 1.59. The van der Waals surface area contributed by atoms with Crippen LogP contribution < -0.4 is 5.32 Å². The first-order valence-electron chi connectivity index (χ1n) is 7.54. The highest BCUT2D eigenvalue weighted by molar-refractivity contribution is 5.90. The third-order valence-corrected chi connectivity index (χ3v) is 4.32. The molecule has 1 aliphatic carbocycles. The van der Waals surface area contributed by atoms with Crippen LogP contribution in [-0.2, 0) is 0 Å². The van der Waals surface area contributed by atoms with Crippen molar-refractivity contribution in [1.29, 1.82) is 0 Å². The van der Waals surface area contributed by atoms with E-state index < -0.39 is 0 Å². The molecule has 3 aromatic heterocycles.